The molecule has 0 bridgehead atoms. The number of phenols is 1. The van der Waals surface area contributed by atoms with Crippen LogP contribution in [-0.4, -0.2) is 79.9 Å². The smallest absolute Gasteiger partial charge is 0.344 e. The van der Waals surface area contributed by atoms with Gasteiger partial charge in [0.15, 0.2) is 34.7 Å². The van der Waals surface area contributed by atoms with E-state index in [4.69, 9.17) is 5.73 Å². The van der Waals surface area contributed by atoms with Crippen molar-refractivity contribution in [3.05, 3.63) is 46.1 Å². The van der Waals surface area contributed by atoms with E-state index >= 15 is 0 Å². The van der Waals surface area contributed by atoms with Crippen LogP contribution >= 0.6 is 0 Å². The molecule has 12 nitrogen and oxygen atoms in total. The first-order chi connectivity index (χ1) is 17.4. The number of benzene rings is 1. The number of phenolic OH excluding ortho intramolecular Hbond substituents is 1. The Morgan fingerprint density at radius 2 is 1.86 bits per heavy atom. The van der Waals surface area contributed by atoms with Crippen molar-refractivity contribution in [3.63, 3.8) is 0 Å². The summed E-state index contributed by atoms with van der Waals surface area (Å²) in [6.07, 6.45) is 2.78. The standard InChI is InChI=1S/C25H24N4O8/c1-29(2)18-13-6-9-5-12-11(10-7-27-24(36)28-8-10)3-4-14(30)16(12)19(31)15(9)21(33)25(13,37)22(34)17(20(18)32)23(26)35/h3-4,7-9,13,15,17-18,30,37H,5-6H2,1-2H3,(H2,26,35)(H,27,28,36)/t9-,13-,15?,17?,18-,25-/m0/s1. The van der Waals surface area contributed by atoms with Crippen molar-refractivity contribution >= 4 is 29.0 Å². The number of fused-ring (bicyclic) bond motifs is 3. The maximum absolute atomic E-state index is 13.8. The molecule has 2 saturated carbocycles. The Labute approximate surface area is 209 Å². The van der Waals surface area contributed by atoms with E-state index in [2.05, 4.69) is 9.97 Å². The molecule has 0 saturated heterocycles. The highest BCUT2D eigenvalue weighted by Gasteiger charge is 2.69. The van der Waals surface area contributed by atoms with Gasteiger partial charge in [-0.1, -0.05) is 6.07 Å². The van der Waals surface area contributed by atoms with Crippen molar-refractivity contribution in [3.8, 4) is 16.9 Å². The van der Waals surface area contributed by atoms with E-state index < -0.39 is 70.0 Å². The zero-order valence-corrected chi connectivity index (χ0v) is 19.9. The van der Waals surface area contributed by atoms with E-state index in [1.54, 1.807) is 6.07 Å². The third-order valence-corrected chi connectivity index (χ3v) is 7.93. The number of H-pyrrole nitrogens is 1. The highest BCUT2D eigenvalue weighted by atomic mass is 16.3. The molecule has 0 aliphatic heterocycles. The summed E-state index contributed by atoms with van der Waals surface area (Å²) in [5.41, 5.74) is 3.24. The van der Waals surface area contributed by atoms with Gasteiger partial charge in [0.25, 0.3) is 0 Å². The van der Waals surface area contributed by atoms with Gasteiger partial charge in [-0.25, -0.2) is 9.78 Å². The number of carbonyl (C=O) groups excluding carboxylic acids is 5. The van der Waals surface area contributed by atoms with Crippen LogP contribution < -0.4 is 11.4 Å². The zero-order valence-electron chi connectivity index (χ0n) is 19.9. The van der Waals surface area contributed by atoms with Gasteiger partial charge in [0.05, 0.1) is 17.5 Å². The molecule has 2 fully saturated rings. The number of nitrogens with one attached hydrogen (secondary N) is 1. The van der Waals surface area contributed by atoms with Gasteiger partial charge in [0.2, 0.25) is 5.91 Å². The molecule has 1 heterocycles. The highest BCUT2D eigenvalue weighted by molar-refractivity contribution is 6.32. The molecular formula is C25H24N4O8. The number of nitrogens with two attached hydrogens (primary N) is 1. The lowest BCUT2D eigenvalue weighted by Gasteiger charge is -2.52. The second kappa shape index (κ2) is 8.25. The summed E-state index contributed by atoms with van der Waals surface area (Å²) < 4.78 is 0. The summed E-state index contributed by atoms with van der Waals surface area (Å²) in [5, 5.41) is 22.2. The average molecular weight is 508 g/mol. The Balaban J connectivity index is 1.66. The molecule has 1 aromatic carbocycles. The number of aromatic amines is 1. The van der Waals surface area contributed by atoms with Gasteiger partial charge in [-0.3, -0.25) is 28.9 Å². The fraction of sp³-hybridized carbons (Fsp3) is 0.400. The van der Waals surface area contributed by atoms with Gasteiger partial charge < -0.3 is 20.9 Å². The lowest BCUT2D eigenvalue weighted by molar-refractivity contribution is -0.181. The predicted octanol–water partition coefficient (Wildman–Crippen LogP) is -1.38. The van der Waals surface area contributed by atoms with Crippen LogP contribution in [-0.2, 0) is 25.6 Å². The van der Waals surface area contributed by atoms with Gasteiger partial charge in [0, 0.05) is 23.9 Å². The number of aliphatic hydroxyl groups is 1. The first kappa shape index (κ1) is 24.7. The molecule has 1 aromatic heterocycles. The second-order valence-corrected chi connectivity index (χ2v) is 10.1. The number of hydrogen-bond donors (Lipinski definition) is 4. The van der Waals surface area contributed by atoms with Crippen LogP contribution in [0.5, 0.6) is 5.75 Å². The third-order valence-electron chi connectivity index (χ3n) is 7.93. The number of hydrogen-bond acceptors (Lipinski definition) is 10. The highest BCUT2D eigenvalue weighted by Crippen LogP contribution is 2.51. The van der Waals surface area contributed by atoms with Crippen molar-refractivity contribution in [2.75, 3.05) is 14.1 Å². The molecule has 2 aromatic rings. The summed E-state index contributed by atoms with van der Waals surface area (Å²) >= 11 is 0. The quantitative estimate of drug-likeness (QED) is 0.358. The Morgan fingerprint density at radius 1 is 1.16 bits per heavy atom. The number of ketones is 4. The number of amides is 1. The molecule has 0 spiro atoms. The number of carbonyl (C=O) groups is 5. The van der Waals surface area contributed by atoms with Crippen LogP contribution in [0.4, 0.5) is 0 Å². The van der Waals surface area contributed by atoms with Crippen molar-refractivity contribution in [2.24, 2.45) is 29.4 Å². The molecule has 1 amide bonds. The first-order valence-electron chi connectivity index (χ1n) is 11.6. The minimum atomic E-state index is -2.77. The lowest BCUT2D eigenvalue weighted by Crippen LogP contribution is -2.74. The summed E-state index contributed by atoms with van der Waals surface area (Å²) in [6, 6.07) is 1.66. The number of aromatic hydroxyl groups is 1. The third kappa shape index (κ3) is 3.32. The molecule has 12 heteroatoms. The number of nitrogens with zero attached hydrogens (tertiary/aromatic N) is 2. The van der Waals surface area contributed by atoms with Gasteiger partial charge in [-0.15, -0.1) is 0 Å². The van der Waals surface area contributed by atoms with Crippen molar-refractivity contribution < 1.29 is 34.2 Å². The number of rotatable bonds is 3. The van der Waals surface area contributed by atoms with E-state index in [0.29, 0.717) is 16.7 Å². The normalized spacial score (nSPS) is 31.1. The molecule has 0 radical (unpaired) electrons. The van der Waals surface area contributed by atoms with Crippen LogP contribution in [0.25, 0.3) is 11.1 Å². The molecule has 5 rings (SSSR count). The van der Waals surface area contributed by atoms with Gasteiger partial charge >= 0.3 is 5.69 Å². The van der Waals surface area contributed by atoms with Gasteiger partial charge in [0.1, 0.15) is 5.75 Å². The Hall–Kier alpha value is -4.03. The molecule has 192 valence electrons. The summed E-state index contributed by atoms with van der Waals surface area (Å²) in [5.74, 6) is -11.1. The second-order valence-electron chi connectivity index (χ2n) is 10.1. The van der Waals surface area contributed by atoms with Gasteiger partial charge in [-0.2, -0.15) is 0 Å². The fourth-order valence-electron chi connectivity index (χ4n) is 6.36. The largest absolute Gasteiger partial charge is 0.507 e. The minimum absolute atomic E-state index is 0.0527. The monoisotopic (exact) mass is 508 g/mol. The zero-order chi connectivity index (χ0) is 27.0. The summed E-state index contributed by atoms with van der Waals surface area (Å²) in [7, 11) is 3.04. The van der Waals surface area contributed by atoms with E-state index in [1.165, 1.54) is 37.5 Å². The van der Waals surface area contributed by atoms with Crippen molar-refractivity contribution in [1.82, 2.24) is 14.9 Å². The van der Waals surface area contributed by atoms with E-state index in [9.17, 15) is 39.0 Å². The van der Waals surface area contributed by atoms with Crippen LogP contribution in [0.1, 0.15) is 22.3 Å². The molecular weight excluding hydrogens is 484 g/mol. The van der Waals surface area contributed by atoms with Crippen LogP contribution in [0.15, 0.2) is 29.3 Å². The topological polar surface area (TPSA) is 201 Å². The number of primary amides is 1. The van der Waals surface area contributed by atoms with E-state index in [0.717, 1.165) is 0 Å². The SMILES string of the molecule is CN(C)[C@@H]1C(=O)C(C(N)=O)C(=O)[C@@]2(O)C(=O)C3C(=O)c4c(O)ccc(-c5cnc(=O)[nH]c5)c4C[C@H]3C[C@@H]12. The number of likely N-dealkylation sites (N-methyl/N-ethyl adjacent to an activating group) is 1. The van der Waals surface area contributed by atoms with Crippen LogP contribution in [0.2, 0.25) is 0 Å². The average Bonchev–Trinajstić information content (AvgIpc) is 2.82. The van der Waals surface area contributed by atoms with Crippen LogP contribution in [0, 0.1) is 23.7 Å². The Kier molecular flexibility index (Phi) is 5.50. The molecule has 37 heavy (non-hydrogen) atoms. The van der Waals surface area contributed by atoms with E-state index in [1.807, 2.05) is 0 Å². The van der Waals surface area contributed by atoms with Gasteiger partial charge in [-0.05, 0) is 50.0 Å². The minimum Gasteiger partial charge on any atom is -0.507 e. The number of aromatic nitrogens is 2. The van der Waals surface area contributed by atoms with E-state index in [-0.39, 0.29) is 24.2 Å². The maximum Gasteiger partial charge on any atom is 0.344 e. The fourth-order valence-corrected chi connectivity index (χ4v) is 6.36. The Morgan fingerprint density at radius 3 is 2.46 bits per heavy atom. The van der Waals surface area contributed by atoms with Crippen molar-refractivity contribution in [2.45, 2.75) is 24.5 Å². The van der Waals surface area contributed by atoms with Crippen LogP contribution in [0.3, 0.4) is 0 Å². The predicted molar refractivity (Wildman–Crippen MR) is 125 cm³/mol. The molecule has 3 aliphatic carbocycles. The summed E-state index contributed by atoms with van der Waals surface area (Å²) in [4.78, 5) is 84.9. The maximum atomic E-state index is 13.8. The molecule has 3 aliphatic rings. The number of Topliss-reactive ketones (excluding diaryl/α,β-unsaturated/α-hetero) is 4. The first-order valence-corrected chi connectivity index (χ1v) is 11.6. The summed E-state index contributed by atoms with van der Waals surface area (Å²) in [6.45, 7) is 0. The molecule has 2 unspecified atom stereocenters. The molecule has 6 atom stereocenters. The molecule has 5 N–H and O–H groups in total. The van der Waals surface area contributed by atoms with Crippen molar-refractivity contribution in [1.29, 1.82) is 0 Å². The lowest BCUT2D eigenvalue weighted by atomic mass is 9.52. The Bertz CT molecular complexity index is 1440.